The molecule has 2 aliphatic rings. The number of aliphatic carboxylic acids is 2. The third-order valence-corrected chi connectivity index (χ3v) is 7.74. The molecular formula is C25H24BrClF4N2O5. The summed E-state index contributed by atoms with van der Waals surface area (Å²) in [5.41, 5.74) is -0.140. The van der Waals surface area contributed by atoms with Crippen LogP contribution in [0.1, 0.15) is 44.2 Å². The van der Waals surface area contributed by atoms with E-state index in [2.05, 4.69) is 21.5 Å². The Morgan fingerprint density at radius 1 is 1.11 bits per heavy atom. The number of alkyl halides is 3. The summed E-state index contributed by atoms with van der Waals surface area (Å²) in [6.45, 7) is 6.09. The molecule has 2 aromatic carbocycles. The summed E-state index contributed by atoms with van der Waals surface area (Å²) in [4.78, 5) is 35.1. The molecule has 206 valence electrons. The van der Waals surface area contributed by atoms with E-state index >= 15 is 4.39 Å². The van der Waals surface area contributed by atoms with E-state index in [4.69, 9.17) is 21.5 Å². The predicted molar refractivity (Wildman–Crippen MR) is 135 cm³/mol. The van der Waals surface area contributed by atoms with Crippen molar-refractivity contribution in [3.05, 3.63) is 64.4 Å². The molecule has 4 atom stereocenters. The number of nitrogens with one attached hydrogen (secondary N) is 1. The number of amides is 1. The van der Waals surface area contributed by atoms with Gasteiger partial charge in [-0.1, -0.05) is 62.7 Å². The number of carbonyl (C=O) groups is 3. The van der Waals surface area contributed by atoms with E-state index in [1.165, 1.54) is 12.1 Å². The maximum absolute atomic E-state index is 15.3. The van der Waals surface area contributed by atoms with Gasteiger partial charge in [0.25, 0.3) is 0 Å². The van der Waals surface area contributed by atoms with Gasteiger partial charge < -0.3 is 15.5 Å². The number of rotatable bonds is 3. The number of carboxylic acids is 2. The van der Waals surface area contributed by atoms with Crippen molar-refractivity contribution < 1.29 is 42.2 Å². The van der Waals surface area contributed by atoms with E-state index in [1.54, 1.807) is 22.1 Å². The third-order valence-electron chi connectivity index (χ3n) is 6.51. The fraction of sp³-hybridized carbons (Fsp3) is 0.400. The second kappa shape index (κ2) is 10.5. The van der Waals surface area contributed by atoms with Gasteiger partial charge in [-0.05, 0) is 35.1 Å². The highest BCUT2D eigenvalue weighted by atomic mass is 79.9. The normalized spacial score (nSPS) is 25.0. The van der Waals surface area contributed by atoms with Gasteiger partial charge in [-0.15, -0.1) is 0 Å². The van der Waals surface area contributed by atoms with Crippen LogP contribution in [0.15, 0.2) is 42.5 Å². The number of para-hydroxylation sites is 1. The zero-order chi connectivity index (χ0) is 28.8. The summed E-state index contributed by atoms with van der Waals surface area (Å²) in [5.74, 6) is -5.93. The van der Waals surface area contributed by atoms with Gasteiger partial charge in [0, 0.05) is 33.8 Å². The minimum Gasteiger partial charge on any atom is -0.480 e. The number of hydrogen-bond acceptors (Lipinski definition) is 4. The summed E-state index contributed by atoms with van der Waals surface area (Å²) < 4.78 is 48.6. The van der Waals surface area contributed by atoms with Crippen LogP contribution < -0.4 is 5.32 Å². The highest BCUT2D eigenvalue weighted by Gasteiger charge is 2.69. The standard InChI is InChI=1S/C23H23BrClFN2O3.C2HF3O2/c1-22(2,3)11-16-23(13-8-4-5-10-15(13)27-21(23)31)17(19(20(29)30)28(16)24)12-7-6-9-14(25)18(12)26;3-2(4,5)1(6)7/h4-10,16-17,19H,11H2,1-3H3,(H,27,31)(H,29,30);(H,6,7). The number of hydrogen-bond donors (Lipinski definition) is 3. The Labute approximate surface area is 229 Å². The number of halogens is 6. The van der Waals surface area contributed by atoms with Gasteiger partial charge in [-0.3, -0.25) is 9.59 Å². The first-order valence-electron chi connectivity index (χ1n) is 11.3. The molecule has 38 heavy (non-hydrogen) atoms. The number of benzene rings is 2. The molecule has 2 heterocycles. The fourth-order valence-corrected chi connectivity index (χ4v) is 6.24. The predicted octanol–water partition coefficient (Wildman–Crippen LogP) is 5.97. The van der Waals surface area contributed by atoms with E-state index in [9.17, 15) is 27.9 Å². The molecule has 13 heteroatoms. The molecule has 4 rings (SSSR count). The van der Waals surface area contributed by atoms with Crippen molar-refractivity contribution in [2.75, 3.05) is 5.32 Å². The second-order valence-electron chi connectivity index (χ2n) is 10.2. The highest BCUT2D eigenvalue weighted by molar-refractivity contribution is 9.07. The maximum Gasteiger partial charge on any atom is 0.490 e. The van der Waals surface area contributed by atoms with Crippen molar-refractivity contribution in [2.24, 2.45) is 5.41 Å². The molecule has 0 aromatic heterocycles. The van der Waals surface area contributed by atoms with Crippen LogP contribution in [-0.2, 0) is 19.8 Å². The molecule has 0 saturated carbocycles. The average molecular weight is 624 g/mol. The number of carbonyl (C=O) groups excluding carboxylic acids is 1. The highest BCUT2D eigenvalue weighted by Crippen LogP contribution is 2.60. The fourth-order valence-electron chi connectivity index (χ4n) is 5.18. The van der Waals surface area contributed by atoms with Crippen LogP contribution in [-0.4, -0.2) is 50.2 Å². The van der Waals surface area contributed by atoms with Crippen molar-refractivity contribution in [3.8, 4) is 0 Å². The summed E-state index contributed by atoms with van der Waals surface area (Å²) in [7, 11) is 0. The molecule has 1 fully saturated rings. The number of carboxylic acid groups (broad SMARTS) is 2. The number of fused-ring (bicyclic) bond motifs is 2. The lowest BCUT2D eigenvalue weighted by Crippen LogP contribution is -2.49. The monoisotopic (exact) mass is 622 g/mol. The lowest BCUT2D eigenvalue weighted by molar-refractivity contribution is -0.192. The Balaban J connectivity index is 0.000000505. The molecule has 3 N–H and O–H groups in total. The van der Waals surface area contributed by atoms with Gasteiger partial charge in [-0.2, -0.15) is 13.2 Å². The summed E-state index contributed by atoms with van der Waals surface area (Å²) in [5, 5.41) is 20.2. The van der Waals surface area contributed by atoms with E-state index in [1.807, 2.05) is 32.9 Å². The molecule has 1 amide bonds. The van der Waals surface area contributed by atoms with Crippen LogP contribution in [0.5, 0.6) is 0 Å². The first-order valence-corrected chi connectivity index (χ1v) is 12.3. The smallest absolute Gasteiger partial charge is 0.480 e. The zero-order valence-electron chi connectivity index (χ0n) is 20.3. The molecule has 0 bridgehead atoms. The number of nitrogens with zero attached hydrogens (tertiary/aromatic N) is 1. The van der Waals surface area contributed by atoms with Crippen LogP contribution in [0.4, 0.5) is 23.2 Å². The van der Waals surface area contributed by atoms with Gasteiger partial charge in [0.15, 0.2) is 0 Å². The first kappa shape index (κ1) is 29.9. The van der Waals surface area contributed by atoms with Crippen LogP contribution in [0.25, 0.3) is 0 Å². The largest absolute Gasteiger partial charge is 0.490 e. The minimum absolute atomic E-state index is 0.108. The topological polar surface area (TPSA) is 107 Å². The molecule has 1 spiro atoms. The third kappa shape index (κ3) is 5.26. The molecule has 1 saturated heterocycles. The van der Waals surface area contributed by atoms with Crippen molar-refractivity contribution in [1.82, 2.24) is 3.93 Å². The molecule has 2 aromatic rings. The zero-order valence-corrected chi connectivity index (χ0v) is 22.7. The Morgan fingerprint density at radius 3 is 2.21 bits per heavy atom. The summed E-state index contributed by atoms with van der Waals surface area (Å²) in [6, 6.07) is 10.0. The van der Waals surface area contributed by atoms with E-state index < -0.39 is 47.3 Å². The average Bonchev–Trinajstić information content (AvgIpc) is 3.21. The lowest BCUT2D eigenvalue weighted by atomic mass is 9.62. The van der Waals surface area contributed by atoms with Crippen LogP contribution >= 0.6 is 27.7 Å². The summed E-state index contributed by atoms with van der Waals surface area (Å²) >= 11 is 9.57. The second-order valence-corrected chi connectivity index (χ2v) is 11.4. The van der Waals surface area contributed by atoms with Gasteiger partial charge in [-0.25, -0.2) is 13.1 Å². The first-order chi connectivity index (χ1) is 17.4. The molecule has 0 radical (unpaired) electrons. The molecule has 4 unspecified atom stereocenters. The van der Waals surface area contributed by atoms with Gasteiger partial charge in [0.2, 0.25) is 5.91 Å². The Kier molecular flexibility index (Phi) is 8.22. The minimum atomic E-state index is -5.08. The van der Waals surface area contributed by atoms with E-state index in [-0.39, 0.29) is 21.9 Å². The SMILES string of the molecule is CC(C)(C)CC1N(Br)C(C(=O)O)C(c2cccc(Cl)c2F)C12C(=O)Nc1ccccc12.O=C(O)C(F)(F)F. The summed E-state index contributed by atoms with van der Waals surface area (Å²) in [6.07, 6.45) is -4.58. The molecular weight excluding hydrogens is 600 g/mol. The van der Waals surface area contributed by atoms with Crippen LogP contribution in [0.3, 0.4) is 0 Å². The number of anilines is 1. The Morgan fingerprint density at radius 2 is 1.68 bits per heavy atom. The molecule has 0 aliphatic carbocycles. The van der Waals surface area contributed by atoms with E-state index in [0.29, 0.717) is 17.7 Å². The van der Waals surface area contributed by atoms with E-state index in [0.717, 1.165) is 0 Å². The van der Waals surface area contributed by atoms with Crippen LogP contribution in [0.2, 0.25) is 5.02 Å². The van der Waals surface area contributed by atoms with Gasteiger partial charge in [0.1, 0.15) is 17.3 Å². The van der Waals surface area contributed by atoms with Crippen molar-refractivity contribution in [3.63, 3.8) is 0 Å². The lowest BCUT2D eigenvalue weighted by Gasteiger charge is -2.38. The maximum atomic E-state index is 15.3. The van der Waals surface area contributed by atoms with Crippen molar-refractivity contribution >= 4 is 51.3 Å². The Bertz CT molecular complexity index is 1270. The van der Waals surface area contributed by atoms with Gasteiger partial charge in [0.05, 0.1) is 5.02 Å². The van der Waals surface area contributed by atoms with Crippen molar-refractivity contribution in [2.45, 2.75) is 56.8 Å². The quantitative estimate of drug-likeness (QED) is 0.287. The van der Waals surface area contributed by atoms with Crippen molar-refractivity contribution in [1.29, 1.82) is 0 Å². The van der Waals surface area contributed by atoms with Crippen LogP contribution in [0, 0.1) is 11.2 Å². The van der Waals surface area contributed by atoms with Gasteiger partial charge >= 0.3 is 18.1 Å². The Hall–Kier alpha value is -2.70. The molecule has 7 nitrogen and oxygen atoms in total. The molecule has 2 aliphatic heterocycles.